The monoisotopic (exact) mass is 236 g/mol. The van der Waals surface area contributed by atoms with Gasteiger partial charge in [-0.3, -0.25) is 0 Å². The lowest BCUT2D eigenvalue weighted by atomic mass is 10.4. The summed E-state index contributed by atoms with van der Waals surface area (Å²) in [6.07, 6.45) is -5.27. The summed E-state index contributed by atoms with van der Waals surface area (Å²) in [5.41, 5.74) is 2.26. The van der Waals surface area contributed by atoms with Crippen LogP contribution in [0.3, 0.4) is 0 Å². The lowest BCUT2D eigenvalue weighted by Gasteiger charge is -2.09. The molecule has 0 spiro atoms. The Morgan fingerprint density at radius 2 is 2.12 bits per heavy atom. The fraction of sp³-hybridized carbons (Fsp3) is 0.500. The van der Waals surface area contributed by atoms with E-state index < -0.39 is 19.2 Å². The first-order chi connectivity index (χ1) is 7.40. The molecule has 5 nitrogen and oxygen atoms in total. The van der Waals surface area contributed by atoms with Crippen LogP contribution in [-0.2, 0) is 0 Å². The van der Waals surface area contributed by atoms with Crippen LogP contribution in [-0.4, -0.2) is 22.8 Å². The number of nitrogens with one attached hydrogen (secondary N) is 1. The molecule has 0 saturated carbocycles. The number of hydrazine groups is 1. The van der Waals surface area contributed by atoms with Gasteiger partial charge in [0.05, 0.1) is 13.0 Å². The van der Waals surface area contributed by atoms with Crippen LogP contribution in [0.2, 0.25) is 0 Å². The van der Waals surface area contributed by atoms with Crippen LogP contribution in [0.4, 0.5) is 19.0 Å². The fourth-order valence-corrected chi connectivity index (χ4v) is 0.960. The van der Waals surface area contributed by atoms with Gasteiger partial charge in [-0.15, -0.1) is 0 Å². The summed E-state index contributed by atoms with van der Waals surface area (Å²) in [7, 11) is 0. The second-order valence-corrected chi connectivity index (χ2v) is 3.00. The lowest BCUT2D eigenvalue weighted by Crippen LogP contribution is -2.14. The number of halogens is 3. The number of hydrogen-bond donors (Lipinski definition) is 2. The first kappa shape index (κ1) is 12.5. The SMILES string of the molecule is Cc1nc(NN)cc(OCCC(F)(F)F)n1. The maximum Gasteiger partial charge on any atom is 0.392 e. The minimum atomic E-state index is -4.24. The molecule has 1 aromatic rings. The average Bonchev–Trinajstić information content (AvgIpc) is 2.14. The molecule has 0 aliphatic rings. The van der Waals surface area contributed by atoms with Crippen LogP contribution >= 0.6 is 0 Å². The Morgan fingerprint density at radius 1 is 1.44 bits per heavy atom. The molecule has 16 heavy (non-hydrogen) atoms. The summed E-state index contributed by atoms with van der Waals surface area (Å²) in [6.45, 7) is 1.10. The Kier molecular flexibility index (Phi) is 3.88. The summed E-state index contributed by atoms with van der Waals surface area (Å²) in [5.74, 6) is 5.81. The summed E-state index contributed by atoms with van der Waals surface area (Å²) in [5, 5.41) is 0. The third kappa shape index (κ3) is 4.30. The Labute approximate surface area is 89.8 Å². The maximum atomic E-state index is 11.8. The highest BCUT2D eigenvalue weighted by atomic mass is 19.4. The molecule has 1 aromatic heterocycles. The zero-order valence-electron chi connectivity index (χ0n) is 8.51. The highest BCUT2D eigenvalue weighted by molar-refractivity contribution is 5.36. The van der Waals surface area contributed by atoms with E-state index in [0.29, 0.717) is 5.82 Å². The highest BCUT2D eigenvalue weighted by Crippen LogP contribution is 2.20. The first-order valence-corrected chi connectivity index (χ1v) is 4.42. The standard InChI is InChI=1S/C8H11F3N4O/c1-5-13-6(15-12)4-7(14-5)16-3-2-8(9,10)11/h4H,2-3,12H2,1H3,(H,13,14,15). The van der Waals surface area contributed by atoms with Crippen molar-refractivity contribution in [2.75, 3.05) is 12.0 Å². The Hall–Kier alpha value is -1.57. The molecule has 3 N–H and O–H groups in total. The van der Waals surface area contributed by atoms with E-state index in [9.17, 15) is 13.2 Å². The van der Waals surface area contributed by atoms with Gasteiger partial charge in [-0.1, -0.05) is 0 Å². The number of ether oxygens (including phenoxy) is 1. The third-order valence-electron chi connectivity index (χ3n) is 1.60. The molecule has 0 radical (unpaired) electrons. The summed E-state index contributed by atoms with van der Waals surface area (Å²) < 4.78 is 40.4. The van der Waals surface area contributed by atoms with Gasteiger partial charge in [0.2, 0.25) is 5.88 Å². The fourth-order valence-electron chi connectivity index (χ4n) is 0.960. The Bertz CT molecular complexity index is 356. The van der Waals surface area contributed by atoms with E-state index in [1.807, 2.05) is 0 Å². The van der Waals surface area contributed by atoms with E-state index in [1.54, 1.807) is 6.92 Å². The zero-order valence-corrected chi connectivity index (χ0v) is 8.51. The highest BCUT2D eigenvalue weighted by Gasteiger charge is 2.26. The molecule has 8 heteroatoms. The quantitative estimate of drug-likeness (QED) is 0.610. The van der Waals surface area contributed by atoms with Gasteiger partial charge >= 0.3 is 6.18 Å². The van der Waals surface area contributed by atoms with Gasteiger partial charge in [-0.2, -0.15) is 18.2 Å². The molecule has 0 amide bonds. The van der Waals surface area contributed by atoms with Crippen LogP contribution in [0.1, 0.15) is 12.2 Å². The van der Waals surface area contributed by atoms with Crippen molar-refractivity contribution in [1.29, 1.82) is 0 Å². The lowest BCUT2D eigenvalue weighted by molar-refractivity contribution is -0.139. The van der Waals surface area contributed by atoms with E-state index in [1.165, 1.54) is 6.07 Å². The van der Waals surface area contributed by atoms with Gasteiger partial charge in [-0.25, -0.2) is 10.8 Å². The van der Waals surface area contributed by atoms with Gasteiger partial charge in [0.15, 0.2) is 0 Å². The van der Waals surface area contributed by atoms with Crippen LogP contribution in [0, 0.1) is 6.92 Å². The molecule has 0 unspecified atom stereocenters. The predicted octanol–water partition coefficient (Wildman–Crippen LogP) is 1.40. The number of anilines is 1. The molecule has 0 bridgehead atoms. The molecule has 1 rings (SSSR count). The number of aryl methyl sites for hydroxylation is 1. The van der Waals surface area contributed by atoms with Gasteiger partial charge in [-0.05, 0) is 6.92 Å². The van der Waals surface area contributed by atoms with Crippen molar-refractivity contribution < 1.29 is 17.9 Å². The molecular formula is C8H11F3N4O. The zero-order chi connectivity index (χ0) is 12.2. The third-order valence-corrected chi connectivity index (χ3v) is 1.60. The van der Waals surface area contributed by atoms with Crippen LogP contribution in [0.5, 0.6) is 5.88 Å². The van der Waals surface area contributed by atoms with Crippen molar-refractivity contribution in [3.05, 3.63) is 11.9 Å². The predicted molar refractivity (Wildman–Crippen MR) is 50.7 cm³/mol. The largest absolute Gasteiger partial charge is 0.477 e. The van der Waals surface area contributed by atoms with E-state index in [0.717, 1.165) is 0 Å². The molecular weight excluding hydrogens is 225 g/mol. The molecule has 1 heterocycles. The smallest absolute Gasteiger partial charge is 0.392 e. The number of nitrogen functional groups attached to an aromatic ring is 1. The summed E-state index contributed by atoms with van der Waals surface area (Å²) in [6, 6.07) is 1.32. The van der Waals surface area contributed by atoms with Crippen LogP contribution in [0.25, 0.3) is 0 Å². The van der Waals surface area contributed by atoms with Gasteiger partial charge in [0.25, 0.3) is 0 Å². The van der Waals surface area contributed by atoms with E-state index in [2.05, 4.69) is 15.4 Å². The van der Waals surface area contributed by atoms with Gasteiger partial charge in [0, 0.05) is 6.07 Å². The number of rotatable bonds is 4. The second kappa shape index (κ2) is 4.97. The molecule has 90 valence electrons. The van der Waals surface area contributed by atoms with E-state index in [-0.39, 0.29) is 11.7 Å². The number of nitrogens with zero attached hydrogens (tertiary/aromatic N) is 2. The topological polar surface area (TPSA) is 73.1 Å². The molecule has 0 aliphatic carbocycles. The van der Waals surface area contributed by atoms with Gasteiger partial charge < -0.3 is 10.2 Å². The summed E-state index contributed by atoms with van der Waals surface area (Å²) in [4.78, 5) is 7.66. The molecule has 0 aliphatic heterocycles. The van der Waals surface area contributed by atoms with Crippen LogP contribution < -0.4 is 16.0 Å². The Morgan fingerprint density at radius 3 is 2.69 bits per heavy atom. The van der Waals surface area contributed by atoms with Crippen molar-refractivity contribution in [3.8, 4) is 5.88 Å². The average molecular weight is 236 g/mol. The van der Waals surface area contributed by atoms with Crippen molar-refractivity contribution >= 4 is 5.82 Å². The van der Waals surface area contributed by atoms with Crippen molar-refractivity contribution in [1.82, 2.24) is 9.97 Å². The number of hydrogen-bond acceptors (Lipinski definition) is 5. The molecule has 0 atom stereocenters. The molecule has 0 aromatic carbocycles. The van der Waals surface area contributed by atoms with Gasteiger partial charge in [0.1, 0.15) is 11.6 Å². The Balaban J connectivity index is 2.57. The number of nitrogens with two attached hydrogens (primary N) is 1. The number of alkyl halides is 3. The van der Waals surface area contributed by atoms with Crippen molar-refractivity contribution in [3.63, 3.8) is 0 Å². The summed E-state index contributed by atoms with van der Waals surface area (Å²) >= 11 is 0. The number of aromatic nitrogens is 2. The normalized spacial score (nSPS) is 11.3. The van der Waals surface area contributed by atoms with Crippen molar-refractivity contribution in [2.24, 2.45) is 5.84 Å². The molecule has 0 fully saturated rings. The van der Waals surface area contributed by atoms with Crippen LogP contribution in [0.15, 0.2) is 6.07 Å². The second-order valence-electron chi connectivity index (χ2n) is 3.00. The molecule has 0 saturated heterocycles. The van der Waals surface area contributed by atoms with E-state index in [4.69, 9.17) is 10.6 Å². The van der Waals surface area contributed by atoms with E-state index >= 15 is 0 Å². The minimum absolute atomic E-state index is 0.0599. The minimum Gasteiger partial charge on any atom is -0.477 e. The van der Waals surface area contributed by atoms with Crippen molar-refractivity contribution in [2.45, 2.75) is 19.5 Å². The first-order valence-electron chi connectivity index (χ1n) is 4.42. The maximum absolute atomic E-state index is 11.8.